The molecule has 1 saturated heterocycles. The highest BCUT2D eigenvalue weighted by molar-refractivity contribution is 7.99. The van der Waals surface area contributed by atoms with E-state index in [-0.39, 0.29) is 0 Å². The lowest BCUT2D eigenvalue weighted by Crippen LogP contribution is -2.30. The molecule has 1 fully saturated rings. The van der Waals surface area contributed by atoms with Crippen LogP contribution in [0.1, 0.15) is 11.1 Å². The van der Waals surface area contributed by atoms with E-state index in [4.69, 9.17) is 14.7 Å². The number of hydrogen-bond donors (Lipinski definition) is 0. The van der Waals surface area contributed by atoms with Gasteiger partial charge in [-0.15, -0.1) is 11.8 Å². The molecule has 4 heteroatoms. The van der Waals surface area contributed by atoms with E-state index >= 15 is 0 Å². The first kappa shape index (κ1) is 11.3. The summed E-state index contributed by atoms with van der Waals surface area (Å²) in [6.45, 7) is 1.68. The Morgan fingerprint density at radius 1 is 1.56 bits per heavy atom. The summed E-state index contributed by atoms with van der Waals surface area (Å²) in [5.41, 5.74) is 1.76. The highest BCUT2D eigenvalue weighted by atomic mass is 32.2. The fourth-order valence-electron chi connectivity index (χ4n) is 1.48. The third-order valence-corrected chi connectivity index (χ3v) is 3.71. The molecule has 16 heavy (non-hydrogen) atoms. The van der Waals surface area contributed by atoms with Crippen LogP contribution in [0.3, 0.4) is 0 Å². The van der Waals surface area contributed by atoms with Gasteiger partial charge in [0.1, 0.15) is 5.75 Å². The van der Waals surface area contributed by atoms with E-state index in [0.717, 1.165) is 30.3 Å². The summed E-state index contributed by atoms with van der Waals surface area (Å²) in [4.78, 5) is 0. The molecule has 1 aliphatic rings. The first-order chi connectivity index (χ1) is 7.83. The molecule has 0 radical (unpaired) electrons. The van der Waals surface area contributed by atoms with Crippen LogP contribution in [0.4, 0.5) is 0 Å². The molecule has 0 unspecified atom stereocenters. The van der Waals surface area contributed by atoms with Crippen molar-refractivity contribution in [2.75, 3.05) is 20.3 Å². The van der Waals surface area contributed by atoms with Crippen molar-refractivity contribution in [1.29, 1.82) is 5.26 Å². The Bertz CT molecular complexity index is 410. The number of thioether (sulfide) groups is 1. The van der Waals surface area contributed by atoms with Gasteiger partial charge in [0.2, 0.25) is 0 Å². The summed E-state index contributed by atoms with van der Waals surface area (Å²) < 4.78 is 10.4. The molecule has 3 nitrogen and oxygen atoms in total. The van der Waals surface area contributed by atoms with Gasteiger partial charge < -0.3 is 9.47 Å². The number of ether oxygens (including phenoxy) is 2. The van der Waals surface area contributed by atoms with Gasteiger partial charge in [0.15, 0.2) is 0 Å². The smallest absolute Gasteiger partial charge is 0.122 e. The van der Waals surface area contributed by atoms with Crippen LogP contribution >= 0.6 is 11.8 Å². The minimum Gasteiger partial charge on any atom is -0.496 e. The maximum absolute atomic E-state index is 8.84. The molecule has 0 spiro atoms. The second-order valence-corrected chi connectivity index (χ2v) is 4.90. The van der Waals surface area contributed by atoms with Gasteiger partial charge in [-0.2, -0.15) is 5.26 Å². The molecule has 1 heterocycles. The van der Waals surface area contributed by atoms with Crippen molar-refractivity contribution in [2.45, 2.75) is 11.0 Å². The number of nitrogens with zero attached hydrogens (tertiary/aromatic N) is 1. The van der Waals surface area contributed by atoms with Crippen molar-refractivity contribution in [2.24, 2.45) is 0 Å². The van der Waals surface area contributed by atoms with Gasteiger partial charge in [0.05, 0.1) is 37.2 Å². The molecule has 0 amide bonds. The molecule has 0 N–H and O–H groups in total. The number of rotatable bonds is 4. The van der Waals surface area contributed by atoms with Crippen LogP contribution in [0.5, 0.6) is 5.75 Å². The number of nitriles is 1. The summed E-state index contributed by atoms with van der Waals surface area (Å²) in [6, 6.07) is 7.67. The highest BCUT2D eigenvalue weighted by Crippen LogP contribution is 2.28. The van der Waals surface area contributed by atoms with E-state index in [9.17, 15) is 0 Å². The summed E-state index contributed by atoms with van der Waals surface area (Å²) in [5.74, 6) is 1.72. The Kier molecular flexibility index (Phi) is 3.70. The standard InChI is InChI=1S/C12H13NO2S/c1-14-12-3-2-9(5-13)4-10(12)8-16-11-6-15-7-11/h2-4,11H,6-8H2,1H3. The van der Waals surface area contributed by atoms with Gasteiger partial charge in [0.25, 0.3) is 0 Å². The minimum absolute atomic E-state index is 0.593. The Balaban J connectivity index is 2.06. The van der Waals surface area contributed by atoms with Crippen molar-refractivity contribution in [1.82, 2.24) is 0 Å². The summed E-state index contributed by atoms with van der Waals surface area (Å²) in [6.07, 6.45) is 0. The van der Waals surface area contributed by atoms with Crippen LogP contribution in [-0.2, 0) is 10.5 Å². The lowest BCUT2D eigenvalue weighted by atomic mass is 10.1. The quantitative estimate of drug-likeness (QED) is 0.802. The van der Waals surface area contributed by atoms with Crippen molar-refractivity contribution in [3.05, 3.63) is 29.3 Å². The largest absolute Gasteiger partial charge is 0.496 e. The number of benzene rings is 1. The van der Waals surface area contributed by atoms with Crippen molar-refractivity contribution in [3.63, 3.8) is 0 Å². The summed E-state index contributed by atoms with van der Waals surface area (Å²) >= 11 is 1.85. The zero-order valence-corrected chi connectivity index (χ0v) is 9.92. The summed E-state index contributed by atoms with van der Waals surface area (Å²) in [7, 11) is 1.65. The van der Waals surface area contributed by atoms with Gasteiger partial charge in [-0.05, 0) is 18.2 Å². The molecule has 1 aliphatic heterocycles. The van der Waals surface area contributed by atoms with Gasteiger partial charge in [0, 0.05) is 11.3 Å². The molecule has 2 rings (SSSR count). The van der Waals surface area contributed by atoms with Crippen LogP contribution in [0, 0.1) is 11.3 Å². The fraction of sp³-hybridized carbons (Fsp3) is 0.417. The molecule has 0 aliphatic carbocycles. The molecule has 0 atom stereocenters. The number of hydrogen-bond acceptors (Lipinski definition) is 4. The fourth-order valence-corrected chi connectivity index (χ4v) is 2.50. The summed E-state index contributed by atoms with van der Waals surface area (Å²) in [5, 5.41) is 9.44. The second-order valence-electron chi connectivity index (χ2n) is 3.61. The third-order valence-electron chi connectivity index (χ3n) is 2.49. The Morgan fingerprint density at radius 3 is 2.94 bits per heavy atom. The van der Waals surface area contributed by atoms with Crippen molar-refractivity contribution >= 4 is 11.8 Å². The van der Waals surface area contributed by atoms with Gasteiger partial charge >= 0.3 is 0 Å². The lowest BCUT2D eigenvalue weighted by molar-refractivity contribution is 0.0455. The van der Waals surface area contributed by atoms with Gasteiger partial charge in [-0.3, -0.25) is 0 Å². The second kappa shape index (κ2) is 5.24. The van der Waals surface area contributed by atoms with Crippen LogP contribution in [0.15, 0.2) is 18.2 Å². The molecule has 84 valence electrons. The first-order valence-electron chi connectivity index (χ1n) is 5.10. The average Bonchev–Trinajstić information content (AvgIpc) is 2.26. The first-order valence-corrected chi connectivity index (χ1v) is 6.14. The lowest BCUT2D eigenvalue weighted by Gasteiger charge is -2.25. The minimum atomic E-state index is 0.593. The van der Waals surface area contributed by atoms with E-state index < -0.39 is 0 Å². The molecule has 1 aromatic carbocycles. The predicted molar refractivity (Wildman–Crippen MR) is 63.6 cm³/mol. The third kappa shape index (κ3) is 2.49. The monoisotopic (exact) mass is 235 g/mol. The predicted octanol–water partition coefficient (Wildman–Crippen LogP) is 2.20. The van der Waals surface area contributed by atoms with Gasteiger partial charge in [-0.25, -0.2) is 0 Å². The van der Waals surface area contributed by atoms with Crippen molar-refractivity contribution in [3.8, 4) is 11.8 Å². The van der Waals surface area contributed by atoms with Crippen LogP contribution < -0.4 is 4.74 Å². The molecular weight excluding hydrogens is 222 g/mol. The Labute approximate surface area is 99.4 Å². The molecule has 1 aromatic rings. The molecular formula is C12H13NO2S. The zero-order chi connectivity index (χ0) is 11.4. The highest BCUT2D eigenvalue weighted by Gasteiger charge is 2.19. The average molecular weight is 235 g/mol. The Hall–Kier alpha value is -1.18. The van der Waals surface area contributed by atoms with E-state index in [0.29, 0.717) is 10.8 Å². The molecule has 0 bridgehead atoms. The van der Waals surface area contributed by atoms with E-state index in [2.05, 4.69) is 6.07 Å². The maximum Gasteiger partial charge on any atom is 0.122 e. The number of methoxy groups -OCH3 is 1. The molecule has 0 saturated carbocycles. The van der Waals surface area contributed by atoms with Gasteiger partial charge in [-0.1, -0.05) is 0 Å². The maximum atomic E-state index is 8.84. The Morgan fingerprint density at radius 2 is 2.38 bits per heavy atom. The van der Waals surface area contributed by atoms with Crippen LogP contribution in [0.2, 0.25) is 0 Å². The van der Waals surface area contributed by atoms with E-state index in [1.165, 1.54) is 0 Å². The van der Waals surface area contributed by atoms with Crippen LogP contribution in [-0.4, -0.2) is 25.6 Å². The zero-order valence-electron chi connectivity index (χ0n) is 9.10. The topological polar surface area (TPSA) is 42.2 Å². The van der Waals surface area contributed by atoms with E-state index in [1.807, 2.05) is 23.9 Å². The molecule has 0 aromatic heterocycles. The van der Waals surface area contributed by atoms with Crippen LogP contribution in [0.25, 0.3) is 0 Å². The SMILES string of the molecule is COc1ccc(C#N)cc1CSC1COC1. The van der Waals surface area contributed by atoms with E-state index in [1.54, 1.807) is 13.2 Å². The van der Waals surface area contributed by atoms with Crippen molar-refractivity contribution < 1.29 is 9.47 Å². The normalized spacial score (nSPS) is 15.2.